The summed E-state index contributed by atoms with van der Waals surface area (Å²) in [6.07, 6.45) is 4.24. The monoisotopic (exact) mass is 243 g/mol. The molecule has 1 atom stereocenters. The number of nitrogens with one attached hydrogen (secondary N) is 1. The van der Waals surface area contributed by atoms with Gasteiger partial charge in [-0.2, -0.15) is 5.10 Å². The number of pyridine rings is 1. The largest absolute Gasteiger partial charge is 0.269 e. The Morgan fingerprint density at radius 3 is 2.72 bits per heavy atom. The van der Waals surface area contributed by atoms with Gasteiger partial charge in [0.2, 0.25) is 0 Å². The van der Waals surface area contributed by atoms with Crippen LogP contribution >= 0.6 is 0 Å². The predicted octanol–water partition coefficient (Wildman–Crippen LogP) is 0.557. The third-order valence-corrected chi connectivity index (χ3v) is 2.94. The summed E-state index contributed by atoms with van der Waals surface area (Å²) >= 11 is 0. The second-order valence-corrected chi connectivity index (χ2v) is 3.95. The Labute approximate surface area is 102 Å². The molecule has 2 amide bonds. The fourth-order valence-corrected chi connectivity index (χ4v) is 1.99. The molecule has 0 saturated carbocycles. The zero-order valence-corrected chi connectivity index (χ0v) is 9.49. The van der Waals surface area contributed by atoms with E-state index in [2.05, 4.69) is 20.2 Å². The number of carbonyl (C=O) groups excluding carboxylic acids is 2. The maximum atomic E-state index is 12.2. The third kappa shape index (κ3) is 1.33. The van der Waals surface area contributed by atoms with Crippen molar-refractivity contribution in [3.05, 3.63) is 41.7 Å². The van der Waals surface area contributed by atoms with Gasteiger partial charge in [-0.05, 0) is 13.0 Å². The van der Waals surface area contributed by atoms with Crippen molar-refractivity contribution in [3.63, 3.8) is 0 Å². The third-order valence-electron chi connectivity index (χ3n) is 2.94. The number of H-pyrrole nitrogens is 1. The number of amides is 2. The van der Waals surface area contributed by atoms with Crippen LogP contribution in [0.15, 0.2) is 24.8 Å². The fraction of sp³-hybridized carbons (Fsp3) is 0.182. The molecule has 0 bridgehead atoms. The molecule has 90 valence electrons. The van der Waals surface area contributed by atoms with E-state index in [1.54, 1.807) is 13.0 Å². The second kappa shape index (κ2) is 3.73. The molecule has 7 heteroatoms. The molecule has 0 spiro atoms. The van der Waals surface area contributed by atoms with E-state index in [9.17, 15) is 9.59 Å². The van der Waals surface area contributed by atoms with Crippen LogP contribution in [0.1, 0.15) is 39.5 Å². The smallest absolute Gasteiger partial charge is 0.263 e. The Morgan fingerprint density at radius 1 is 1.28 bits per heavy atom. The molecule has 2 aromatic heterocycles. The minimum Gasteiger partial charge on any atom is -0.269 e. The van der Waals surface area contributed by atoms with Crippen LogP contribution in [-0.2, 0) is 0 Å². The molecule has 3 heterocycles. The molecule has 3 rings (SSSR count). The Bertz CT molecular complexity index is 587. The van der Waals surface area contributed by atoms with Crippen molar-refractivity contribution in [1.82, 2.24) is 25.1 Å². The lowest BCUT2D eigenvalue weighted by molar-refractivity contribution is 0.0589. The molecule has 7 nitrogen and oxygen atoms in total. The van der Waals surface area contributed by atoms with Crippen LogP contribution in [0.2, 0.25) is 0 Å². The first-order valence-corrected chi connectivity index (χ1v) is 5.37. The summed E-state index contributed by atoms with van der Waals surface area (Å²) in [7, 11) is 0. The Balaban J connectivity index is 2.02. The quantitative estimate of drug-likeness (QED) is 0.778. The first kappa shape index (κ1) is 10.6. The SMILES string of the molecule is CC(c1ncn[nH]1)N1C(=O)c2ccncc2C1=O. The van der Waals surface area contributed by atoms with Crippen molar-refractivity contribution in [3.8, 4) is 0 Å². The van der Waals surface area contributed by atoms with Crippen LogP contribution in [0, 0.1) is 0 Å². The molecule has 0 aliphatic carbocycles. The number of hydrogen-bond acceptors (Lipinski definition) is 5. The van der Waals surface area contributed by atoms with Crippen molar-refractivity contribution in [2.75, 3.05) is 0 Å². The summed E-state index contributed by atoms with van der Waals surface area (Å²) < 4.78 is 0. The van der Waals surface area contributed by atoms with Gasteiger partial charge in [-0.1, -0.05) is 0 Å². The number of hydrogen-bond donors (Lipinski definition) is 1. The molecule has 1 unspecified atom stereocenters. The zero-order chi connectivity index (χ0) is 12.7. The topological polar surface area (TPSA) is 91.8 Å². The standard InChI is InChI=1S/C11H9N5O2/c1-6(9-13-5-14-15-9)16-10(17)7-2-3-12-4-8(7)11(16)18/h2-6H,1H3,(H,13,14,15). The summed E-state index contributed by atoms with van der Waals surface area (Å²) in [6.45, 7) is 1.72. The van der Waals surface area contributed by atoms with Gasteiger partial charge in [0.15, 0.2) is 0 Å². The van der Waals surface area contributed by atoms with Gasteiger partial charge in [-0.3, -0.25) is 24.6 Å². The highest BCUT2D eigenvalue weighted by Crippen LogP contribution is 2.28. The van der Waals surface area contributed by atoms with Crippen molar-refractivity contribution in [1.29, 1.82) is 0 Å². The van der Waals surface area contributed by atoms with Crippen LogP contribution < -0.4 is 0 Å². The lowest BCUT2D eigenvalue weighted by atomic mass is 10.2. The normalized spacial score (nSPS) is 15.9. The van der Waals surface area contributed by atoms with Gasteiger partial charge >= 0.3 is 0 Å². The van der Waals surface area contributed by atoms with Gasteiger partial charge < -0.3 is 0 Å². The molecule has 0 saturated heterocycles. The highest BCUT2D eigenvalue weighted by molar-refractivity contribution is 6.21. The van der Waals surface area contributed by atoms with E-state index in [0.29, 0.717) is 17.0 Å². The molecule has 18 heavy (non-hydrogen) atoms. The number of aromatic amines is 1. The van der Waals surface area contributed by atoms with Gasteiger partial charge in [0, 0.05) is 12.4 Å². The van der Waals surface area contributed by atoms with E-state index in [0.717, 1.165) is 4.90 Å². The minimum absolute atomic E-state index is 0.328. The molecule has 1 N–H and O–H groups in total. The maximum Gasteiger partial charge on any atom is 0.263 e. The molecule has 1 aliphatic heterocycles. The van der Waals surface area contributed by atoms with E-state index in [1.807, 2.05) is 0 Å². The van der Waals surface area contributed by atoms with Crippen LogP contribution in [-0.4, -0.2) is 36.9 Å². The van der Waals surface area contributed by atoms with Crippen LogP contribution in [0.4, 0.5) is 0 Å². The summed E-state index contributed by atoms with van der Waals surface area (Å²) in [5.74, 6) is -0.217. The Morgan fingerprint density at radius 2 is 2.06 bits per heavy atom. The summed E-state index contributed by atoms with van der Waals surface area (Å²) in [5.41, 5.74) is 0.704. The van der Waals surface area contributed by atoms with Crippen molar-refractivity contribution >= 4 is 11.8 Å². The number of rotatable bonds is 2. The molecule has 0 fully saturated rings. The van der Waals surface area contributed by atoms with Gasteiger partial charge in [-0.25, -0.2) is 4.98 Å². The zero-order valence-electron chi connectivity index (χ0n) is 9.49. The van der Waals surface area contributed by atoms with Crippen LogP contribution in [0.3, 0.4) is 0 Å². The highest BCUT2D eigenvalue weighted by Gasteiger charge is 2.39. The molecule has 0 radical (unpaired) electrons. The fourth-order valence-electron chi connectivity index (χ4n) is 1.99. The number of fused-ring (bicyclic) bond motifs is 1. The Hall–Kier alpha value is -2.57. The molecule has 1 aliphatic rings. The van der Waals surface area contributed by atoms with Gasteiger partial charge in [-0.15, -0.1) is 0 Å². The van der Waals surface area contributed by atoms with E-state index in [-0.39, 0.29) is 11.8 Å². The van der Waals surface area contributed by atoms with Crippen LogP contribution in [0.5, 0.6) is 0 Å². The first-order valence-electron chi connectivity index (χ1n) is 5.37. The van der Waals surface area contributed by atoms with Gasteiger partial charge in [0.05, 0.1) is 17.2 Å². The van der Waals surface area contributed by atoms with Crippen molar-refractivity contribution in [2.24, 2.45) is 0 Å². The Kier molecular flexibility index (Phi) is 2.19. The summed E-state index contributed by atoms with van der Waals surface area (Å²) in [6, 6.07) is 1.06. The molecular formula is C11H9N5O2. The second-order valence-electron chi connectivity index (χ2n) is 3.95. The van der Waals surface area contributed by atoms with Crippen molar-refractivity contribution in [2.45, 2.75) is 13.0 Å². The molecule has 0 aromatic carbocycles. The number of imide groups is 1. The van der Waals surface area contributed by atoms with Gasteiger partial charge in [0.25, 0.3) is 11.8 Å². The van der Waals surface area contributed by atoms with E-state index >= 15 is 0 Å². The predicted molar refractivity (Wildman–Crippen MR) is 59.5 cm³/mol. The first-order chi connectivity index (χ1) is 8.70. The maximum absolute atomic E-state index is 12.2. The number of carbonyl (C=O) groups is 2. The summed E-state index contributed by atoms with van der Waals surface area (Å²) in [4.78, 5) is 33.3. The highest BCUT2D eigenvalue weighted by atomic mass is 16.2. The van der Waals surface area contributed by atoms with E-state index in [4.69, 9.17) is 0 Å². The van der Waals surface area contributed by atoms with Crippen LogP contribution in [0.25, 0.3) is 0 Å². The average Bonchev–Trinajstić information content (AvgIpc) is 2.99. The molecular weight excluding hydrogens is 234 g/mol. The van der Waals surface area contributed by atoms with E-state index in [1.165, 1.54) is 18.7 Å². The summed E-state index contributed by atoms with van der Waals surface area (Å²) in [5, 5.41) is 6.37. The van der Waals surface area contributed by atoms with Gasteiger partial charge in [0.1, 0.15) is 12.2 Å². The average molecular weight is 243 g/mol. The molecule has 2 aromatic rings. The van der Waals surface area contributed by atoms with E-state index < -0.39 is 6.04 Å². The lowest BCUT2D eigenvalue weighted by Crippen LogP contribution is -2.33. The number of nitrogens with zero attached hydrogens (tertiary/aromatic N) is 4. The number of aromatic nitrogens is 4. The lowest BCUT2D eigenvalue weighted by Gasteiger charge is -2.19. The minimum atomic E-state index is -0.486. The van der Waals surface area contributed by atoms with Crippen molar-refractivity contribution < 1.29 is 9.59 Å².